The Balaban J connectivity index is 1.47. The van der Waals surface area contributed by atoms with Gasteiger partial charge in [-0.2, -0.15) is 0 Å². The van der Waals surface area contributed by atoms with Crippen LogP contribution in [-0.4, -0.2) is 41.0 Å². The number of pyridine rings is 3. The maximum atomic E-state index is 15.2. The van der Waals surface area contributed by atoms with Crippen LogP contribution >= 0.6 is 0 Å². The standard InChI is InChI=1S/C32H25F4N3O5/c1-17-30(32(41)22(15-39(17)16-29(35)36)21-6-5-19(33)12-28(21)43-3)25(40)11-18-4-7-26(23(34)10-18)44-27-8-9-37-24-13-20(42-2)14-38-31(24)27/h4-10,12-15,29H,11,16H2,1-3H3. The van der Waals surface area contributed by atoms with Crippen molar-refractivity contribution in [1.29, 1.82) is 0 Å². The minimum absolute atomic E-state index is 0.0121. The maximum absolute atomic E-state index is 15.2. The van der Waals surface area contributed by atoms with Crippen molar-refractivity contribution in [2.24, 2.45) is 0 Å². The third-order valence-corrected chi connectivity index (χ3v) is 6.95. The second kappa shape index (κ2) is 12.5. The highest BCUT2D eigenvalue weighted by Gasteiger charge is 2.24. The van der Waals surface area contributed by atoms with Crippen LogP contribution in [0.3, 0.4) is 0 Å². The summed E-state index contributed by atoms with van der Waals surface area (Å²) in [5.41, 5.74) is -0.0251. The fourth-order valence-corrected chi connectivity index (χ4v) is 4.81. The van der Waals surface area contributed by atoms with E-state index in [4.69, 9.17) is 14.2 Å². The molecule has 44 heavy (non-hydrogen) atoms. The zero-order valence-corrected chi connectivity index (χ0v) is 23.7. The van der Waals surface area contributed by atoms with Crippen molar-refractivity contribution in [3.63, 3.8) is 0 Å². The quantitative estimate of drug-likeness (QED) is 0.131. The highest BCUT2D eigenvalue weighted by atomic mass is 19.3. The molecule has 0 unspecified atom stereocenters. The van der Waals surface area contributed by atoms with Gasteiger partial charge in [-0.25, -0.2) is 22.5 Å². The third kappa shape index (κ3) is 6.10. The molecule has 0 saturated carbocycles. The molecule has 0 aliphatic carbocycles. The number of nitrogens with zero attached hydrogens (tertiary/aromatic N) is 3. The summed E-state index contributed by atoms with van der Waals surface area (Å²) in [4.78, 5) is 35.6. The number of fused-ring (bicyclic) bond motifs is 1. The topological polar surface area (TPSA) is 92.5 Å². The number of ether oxygens (including phenoxy) is 3. The Kier molecular flexibility index (Phi) is 8.61. The molecule has 0 spiro atoms. The van der Waals surface area contributed by atoms with Crippen LogP contribution < -0.4 is 19.6 Å². The Hall–Kier alpha value is -5.26. The molecule has 2 aromatic carbocycles. The minimum atomic E-state index is -2.79. The molecule has 0 atom stereocenters. The summed E-state index contributed by atoms with van der Waals surface area (Å²) < 4.78 is 73.1. The molecule has 8 nitrogen and oxygen atoms in total. The Morgan fingerprint density at radius 1 is 0.932 bits per heavy atom. The van der Waals surface area contributed by atoms with Gasteiger partial charge in [0, 0.05) is 53.8 Å². The van der Waals surface area contributed by atoms with Crippen molar-refractivity contribution >= 4 is 16.8 Å². The van der Waals surface area contributed by atoms with Crippen LogP contribution in [0.5, 0.6) is 23.0 Å². The molecule has 0 aliphatic heterocycles. The molecule has 226 valence electrons. The number of benzene rings is 2. The van der Waals surface area contributed by atoms with E-state index in [0.717, 1.165) is 22.8 Å². The number of Topliss-reactive ketones (excluding diaryl/α,β-unsaturated/α-hetero) is 1. The number of hydrogen-bond acceptors (Lipinski definition) is 7. The van der Waals surface area contributed by atoms with Crippen LogP contribution in [0.2, 0.25) is 0 Å². The lowest BCUT2D eigenvalue weighted by Gasteiger charge is -2.17. The van der Waals surface area contributed by atoms with E-state index >= 15 is 4.39 Å². The molecule has 0 amide bonds. The smallest absolute Gasteiger partial charge is 0.256 e. The summed E-state index contributed by atoms with van der Waals surface area (Å²) in [7, 11) is 2.76. The predicted octanol–water partition coefficient (Wildman–Crippen LogP) is 6.55. The summed E-state index contributed by atoms with van der Waals surface area (Å²) in [6.45, 7) is 0.581. The Labute approximate surface area is 248 Å². The van der Waals surface area contributed by atoms with Gasteiger partial charge < -0.3 is 18.8 Å². The number of carbonyl (C=O) groups excluding carboxylic acids is 1. The zero-order valence-electron chi connectivity index (χ0n) is 23.7. The van der Waals surface area contributed by atoms with E-state index in [1.165, 1.54) is 64.0 Å². The normalized spacial score (nSPS) is 11.2. The second-order valence-corrected chi connectivity index (χ2v) is 9.74. The summed E-state index contributed by atoms with van der Waals surface area (Å²) in [6, 6.07) is 10.4. The number of carbonyl (C=O) groups is 1. The lowest BCUT2D eigenvalue weighted by Crippen LogP contribution is -2.26. The fourth-order valence-electron chi connectivity index (χ4n) is 4.81. The highest BCUT2D eigenvalue weighted by molar-refractivity contribution is 5.99. The summed E-state index contributed by atoms with van der Waals surface area (Å²) in [5.74, 6) is -1.57. The number of rotatable bonds is 10. The molecule has 0 aliphatic rings. The molecule has 0 fully saturated rings. The molecule has 5 aromatic rings. The van der Waals surface area contributed by atoms with Gasteiger partial charge in [0.15, 0.2) is 23.1 Å². The summed E-state index contributed by atoms with van der Waals surface area (Å²) in [6.07, 6.45) is 0.933. The van der Waals surface area contributed by atoms with Crippen LogP contribution in [0, 0.1) is 18.6 Å². The van der Waals surface area contributed by atoms with Gasteiger partial charge >= 0.3 is 0 Å². The summed E-state index contributed by atoms with van der Waals surface area (Å²) in [5, 5.41) is 0. The number of hydrogen-bond donors (Lipinski definition) is 0. The van der Waals surface area contributed by atoms with Crippen molar-refractivity contribution < 1.29 is 36.6 Å². The van der Waals surface area contributed by atoms with E-state index in [1.807, 2.05) is 0 Å². The first-order valence-corrected chi connectivity index (χ1v) is 13.2. The van der Waals surface area contributed by atoms with Crippen LogP contribution in [0.1, 0.15) is 21.6 Å². The Morgan fingerprint density at radius 3 is 2.43 bits per heavy atom. The first-order valence-electron chi connectivity index (χ1n) is 13.2. The van der Waals surface area contributed by atoms with Crippen LogP contribution in [0.15, 0.2) is 71.9 Å². The number of halogens is 4. The van der Waals surface area contributed by atoms with Gasteiger partial charge in [0.1, 0.15) is 22.8 Å². The largest absolute Gasteiger partial charge is 0.496 e. The number of ketones is 1. The van der Waals surface area contributed by atoms with Crippen molar-refractivity contribution in [2.75, 3.05) is 14.2 Å². The van der Waals surface area contributed by atoms with Crippen LogP contribution in [0.4, 0.5) is 17.6 Å². The maximum Gasteiger partial charge on any atom is 0.256 e. The van der Waals surface area contributed by atoms with Gasteiger partial charge in [0.05, 0.1) is 38.0 Å². The number of aromatic nitrogens is 3. The molecule has 5 rings (SSSR count). The molecule has 3 aromatic heterocycles. The molecule has 12 heteroatoms. The van der Waals surface area contributed by atoms with E-state index in [0.29, 0.717) is 16.8 Å². The van der Waals surface area contributed by atoms with Gasteiger partial charge in [-0.1, -0.05) is 6.07 Å². The van der Waals surface area contributed by atoms with E-state index in [-0.39, 0.29) is 45.2 Å². The minimum Gasteiger partial charge on any atom is -0.496 e. The molecule has 3 heterocycles. The zero-order chi connectivity index (χ0) is 31.5. The van der Waals surface area contributed by atoms with Crippen LogP contribution in [0.25, 0.3) is 22.2 Å². The molecule has 0 bridgehead atoms. The number of methoxy groups -OCH3 is 2. The average molecular weight is 608 g/mol. The van der Waals surface area contributed by atoms with Gasteiger partial charge in [0.2, 0.25) is 5.43 Å². The molecular formula is C32H25F4N3O5. The number of alkyl halides is 2. The Bertz CT molecular complexity index is 1940. The first kappa shape index (κ1) is 30.2. The summed E-state index contributed by atoms with van der Waals surface area (Å²) >= 11 is 0. The van der Waals surface area contributed by atoms with Crippen molar-refractivity contribution in [3.05, 3.63) is 106 Å². The van der Waals surface area contributed by atoms with Gasteiger partial charge in [0.25, 0.3) is 6.43 Å². The lowest BCUT2D eigenvalue weighted by atomic mass is 9.96. The van der Waals surface area contributed by atoms with Crippen LogP contribution in [-0.2, 0) is 13.0 Å². The Morgan fingerprint density at radius 2 is 1.73 bits per heavy atom. The van der Waals surface area contributed by atoms with E-state index in [1.54, 1.807) is 6.07 Å². The van der Waals surface area contributed by atoms with Gasteiger partial charge in [-0.3, -0.25) is 14.6 Å². The van der Waals surface area contributed by atoms with E-state index in [2.05, 4.69) is 9.97 Å². The molecule has 0 radical (unpaired) electrons. The van der Waals surface area contributed by atoms with Gasteiger partial charge in [-0.15, -0.1) is 0 Å². The lowest BCUT2D eigenvalue weighted by molar-refractivity contribution is 0.0986. The van der Waals surface area contributed by atoms with Crippen molar-refractivity contribution in [1.82, 2.24) is 14.5 Å². The second-order valence-electron chi connectivity index (χ2n) is 9.74. The van der Waals surface area contributed by atoms with E-state index < -0.39 is 42.2 Å². The predicted molar refractivity (Wildman–Crippen MR) is 154 cm³/mol. The molecular weight excluding hydrogens is 582 g/mol. The van der Waals surface area contributed by atoms with E-state index in [9.17, 15) is 22.8 Å². The van der Waals surface area contributed by atoms with Crippen molar-refractivity contribution in [2.45, 2.75) is 26.3 Å². The molecule has 0 N–H and O–H groups in total. The molecule has 0 saturated heterocycles. The SMILES string of the molecule is COc1cnc2c(Oc3ccc(CC(=O)c4c(C)n(CC(F)F)cc(-c5ccc(F)cc5OC)c4=O)cc3F)ccnc2c1. The van der Waals surface area contributed by atoms with Crippen molar-refractivity contribution in [3.8, 4) is 34.1 Å². The monoisotopic (exact) mass is 607 g/mol. The van der Waals surface area contributed by atoms with Gasteiger partial charge in [-0.05, 0) is 36.8 Å². The first-order chi connectivity index (χ1) is 21.1. The highest BCUT2D eigenvalue weighted by Crippen LogP contribution is 2.32. The average Bonchev–Trinajstić information content (AvgIpc) is 2.99. The fraction of sp³-hybridized carbons (Fsp3) is 0.188. The third-order valence-electron chi connectivity index (χ3n) is 6.95.